The van der Waals surface area contributed by atoms with E-state index in [0.717, 1.165) is 12.8 Å². The second-order valence-corrected chi connectivity index (χ2v) is 6.42. The lowest BCUT2D eigenvalue weighted by atomic mass is 9.81. The number of aliphatic carboxylic acids is 1. The van der Waals surface area contributed by atoms with Gasteiger partial charge in [0.15, 0.2) is 6.61 Å². The van der Waals surface area contributed by atoms with Gasteiger partial charge in [0, 0.05) is 19.2 Å². The molecule has 0 radical (unpaired) electrons. The van der Waals surface area contributed by atoms with E-state index < -0.39 is 30.4 Å². The van der Waals surface area contributed by atoms with Gasteiger partial charge in [-0.25, -0.2) is 13.6 Å². The van der Waals surface area contributed by atoms with E-state index in [4.69, 9.17) is 4.74 Å². The fourth-order valence-corrected chi connectivity index (χ4v) is 3.70. The van der Waals surface area contributed by atoms with Gasteiger partial charge in [0.2, 0.25) is 5.88 Å². The summed E-state index contributed by atoms with van der Waals surface area (Å²) < 4.78 is 29.2. The molecule has 1 aliphatic heterocycles. The summed E-state index contributed by atoms with van der Waals surface area (Å²) in [6.07, 6.45) is -0.384. The van der Waals surface area contributed by atoms with Gasteiger partial charge in [-0.15, -0.1) is 0 Å². The minimum absolute atomic E-state index is 0.0154. The number of hydrogen-bond acceptors (Lipinski definition) is 4. The summed E-state index contributed by atoms with van der Waals surface area (Å²) in [5.41, 5.74) is -0.854. The van der Waals surface area contributed by atoms with Crippen LogP contribution in [0.15, 0.2) is 18.2 Å². The zero-order valence-electron chi connectivity index (χ0n) is 13.5. The topological polar surface area (TPSA) is 91.8 Å². The number of anilines is 1. The Labute approximate surface area is 143 Å². The monoisotopic (exact) mass is 355 g/mol. The fraction of sp³-hybridized carbons (Fsp3) is 0.562. The van der Waals surface area contributed by atoms with Gasteiger partial charge in [0.1, 0.15) is 5.82 Å². The molecule has 2 amide bonds. The van der Waals surface area contributed by atoms with Gasteiger partial charge in [-0.1, -0.05) is 12.5 Å². The normalized spacial score (nSPS) is 25.1. The number of alkyl halides is 2. The van der Waals surface area contributed by atoms with E-state index in [1.807, 2.05) is 0 Å². The summed E-state index contributed by atoms with van der Waals surface area (Å²) in [5.74, 6) is -0.744. The molecule has 2 atom stereocenters. The summed E-state index contributed by atoms with van der Waals surface area (Å²) in [6, 6.07) is 4.00. The fourth-order valence-electron chi connectivity index (χ4n) is 3.70. The maximum Gasteiger partial charge on any atom is 0.323 e. The molecule has 136 valence electrons. The highest BCUT2D eigenvalue weighted by Gasteiger charge is 2.55. The van der Waals surface area contributed by atoms with Crippen LogP contribution in [0, 0.1) is 11.3 Å². The molecule has 2 heterocycles. The van der Waals surface area contributed by atoms with Crippen molar-refractivity contribution in [2.75, 3.05) is 25.0 Å². The number of fused-ring (bicyclic) bond motifs is 1. The summed E-state index contributed by atoms with van der Waals surface area (Å²) in [4.78, 5) is 29.5. The van der Waals surface area contributed by atoms with Crippen molar-refractivity contribution in [2.45, 2.75) is 25.7 Å². The van der Waals surface area contributed by atoms with E-state index in [1.54, 1.807) is 0 Å². The number of ether oxygens (including phenoxy) is 1. The van der Waals surface area contributed by atoms with Crippen LogP contribution in [-0.4, -0.2) is 53.1 Å². The Morgan fingerprint density at radius 3 is 2.96 bits per heavy atom. The van der Waals surface area contributed by atoms with Crippen LogP contribution in [0.3, 0.4) is 0 Å². The van der Waals surface area contributed by atoms with Gasteiger partial charge in [-0.3, -0.25) is 10.1 Å². The Morgan fingerprint density at radius 1 is 1.48 bits per heavy atom. The van der Waals surface area contributed by atoms with E-state index in [9.17, 15) is 23.5 Å². The van der Waals surface area contributed by atoms with Crippen LogP contribution >= 0.6 is 0 Å². The molecule has 1 aliphatic carbocycles. The van der Waals surface area contributed by atoms with Crippen LogP contribution in [0.2, 0.25) is 0 Å². The molecule has 2 aliphatic rings. The Balaban J connectivity index is 1.63. The number of hydrogen-bond donors (Lipinski definition) is 2. The van der Waals surface area contributed by atoms with Crippen molar-refractivity contribution in [2.24, 2.45) is 11.3 Å². The molecule has 1 aromatic heterocycles. The third-order valence-corrected chi connectivity index (χ3v) is 4.90. The lowest BCUT2D eigenvalue weighted by Gasteiger charge is -2.23. The van der Waals surface area contributed by atoms with Crippen molar-refractivity contribution in [3.8, 4) is 5.88 Å². The number of carbonyl (C=O) groups is 2. The molecule has 0 aromatic carbocycles. The molecule has 1 saturated heterocycles. The molecule has 25 heavy (non-hydrogen) atoms. The van der Waals surface area contributed by atoms with E-state index in [1.165, 1.54) is 23.1 Å². The highest BCUT2D eigenvalue weighted by atomic mass is 19.3. The Morgan fingerprint density at radius 2 is 2.28 bits per heavy atom. The van der Waals surface area contributed by atoms with Gasteiger partial charge in [0.25, 0.3) is 6.43 Å². The Kier molecular flexibility index (Phi) is 4.73. The maximum atomic E-state index is 12.4. The second-order valence-electron chi connectivity index (χ2n) is 6.42. The van der Waals surface area contributed by atoms with E-state index in [-0.39, 0.29) is 24.2 Å². The highest BCUT2D eigenvalue weighted by Crippen LogP contribution is 2.48. The first-order chi connectivity index (χ1) is 11.9. The van der Waals surface area contributed by atoms with Crippen LogP contribution in [0.1, 0.15) is 19.3 Å². The first kappa shape index (κ1) is 17.4. The molecule has 0 bridgehead atoms. The van der Waals surface area contributed by atoms with E-state index in [2.05, 4.69) is 10.3 Å². The van der Waals surface area contributed by atoms with Crippen LogP contribution in [-0.2, 0) is 4.79 Å². The Hall–Kier alpha value is -2.45. The van der Waals surface area contributed by atoms with Gasteiger partial charge in [-0.05, 0) is 24.8 Å². The molecule has 9 heteroatoms. The van der Waals surface area contributed by atoms with Crippen molar-refractivity contribution in [1.82, 2.24) is 9.88 Å². The van der Waals surface area contributed by atoms with Crippen molar-refractivity contribution < 1.29 is 28.2 Å². The number of nitrogens with one attached hydrogen (secondary N) is 1. The molecule has 2 fully saturated rings. The smallest absolute Gasteiger partial charge is 0.323 e. The predicted molar refractivity (Wildman–Crippen MR) is 83.7 cm³/mol. The molecule has 0 spiro atoms. The molecular formula is C16H19F2N3O4. The second kappa shape index (κ2) is 6.81. The summed E-state index contributed by atoms with van der Waals surface area (Å²) in [5, 5.41) is 12.1. The average Bonchev–Trinajstić information content (AvgIpc) is 3.11. The number of pyridine rings is 1. The Bertz CT molecular complexity index is 673. The highest BCUT2D eigenvalue weighted by molar-refractivity contribution is 5.89. The van der Waals surface area contributed by atoms with Crippen LogP contribution < -0.4 is 10.1 Å². The summed E-state index contributed by atoms with van der Waals surface area (Å²) >= 11 is 0. The first-order valence-electron chi connectivity index (χ1n) is 8.08. The standard InChI is InChI=1S/C16H19F2N3O4/c17-11(18)8-25-13-5-1-4-12(19-13)20-15(24)21-7-10-3-2-6-16(10,9-21)14(22)23/h1,4-5,10-11H,2-3,6-9H2,(H,22,23)(H,19,20,24)/t10-,16+/m0/s1. The number of likely N-dealkylation sites (tertiary alicyclic amines) is 1. The van der Waals surface area contributed by atoms with Gasteiger partial charge < -0.3 is 14.7 Å². The lowest BCUT2D eigenvalue weighted by molar-refractivity contribution is -0.149. The van der Waals surface area contributed by atoms with Crippen molar-refractivity contribution >= 4 is 17.8 Å². The van der Waals surface area contributed by atoms with Crippen molar-refractivity contribution in [3.05, 3.63) is 18.2 Å². The van der Waals surface area contributed by atoms with E-state index in [0.29, 0.717) is 13.0 Å². The third kappa shape index (κ3) is 3.49. The predicted octanol–water partition coefficient (Wildman–Crippen LogP) is 2.44. The third-order valence-electron chi connectivity index (χ3n) is 4.90. The number of carboxylic acids is 1. The van der Waals surface area contributed by atoms with Crippen molar-refractivity contribution in [1.29, 1.82) is 0 Å². The number of halogens is 2. The number of carboxylic acid groups (broad SMARTS) is 1. The molecule has 2 N–H and O–H groups in total. The first-order valence-corrected chi connectivity index (χ1v) is 8.08. The summed E-state index contributed by atoms with van der Waals surface area (Å²) in [6.45, 7) is -0.223. The van der Waals surface area contributed by atoms with Gasteiger partial charge >= 0.3 is 12.0 Å². The van der Waals surface area contributed by atoms with Gasteiger partial charge in [-0.2, -0.15) is 4.98 Å². The maximum absolute atomic E-state index is 12.4. The zero-order chi connectivity index (χ0) is 18.0. The van der Waals surface area contributed by atoms with Crippen LogP contribution in [0.25, 0.3) is 0 Å². The minimum atomic E-state index is -2.61. The molecule has 1 saturated carbocycles. The van der Waals surface area contributed by atoms with E-state index >= 15 is 0 Å². The number of aromatic nitrogens is 1. The van der Waals surface area contributed by atoms with Crippen molar-refractivity contribution in [3.63, 3.8) is 0 Å². The minimum Gasteiger partial charge on any atom is -0.481 e. The SMILES string of the molecule is O=C(Nc1cccc(OCC(F)F)n1)N1C[C@@H]2CCC[C@@]2(C(=O)O)C1. The number of nitrogens with zero attached hydrogens (tertiary/aromatic N) is 2. The number of carbonyl (C=O) groups excluding carboxylic acids is 1. The quantitative estimate of drug-likeness (QED) is 0.846. The number of rotatable bonds is 5. The molecular weight excluding hydrogens is 336 g/mol. The largest absolute Gasteiger partial charge is 0.481 e. The molecule has 0 unspecified atom stereocenters. The molecule has 1 aromatic rings. The molecule has 3 rings (SSSR count). The molecule has 7 nitrogen and oxygen atoms in total. The van der Waals surface area contributed by atoms with Crippen LogP contribution in [0.4, 0.5) is 19.4 Å². The summed E-state index contributed by atoms with van der Waals surface area (Å²) in [7, 11) is 0. The van der Waals surface area contributed by atoms with Gasteiger partial charge in [0.05, 0.1) is 5.41 Å². The zero-order valence-corrected chi connectivity index (χ0v) is 13.5. The van der Waals surface area contributed by atoms with Crippen LogP contribution in [0.5, 0.6) is 5.88 Å². The number of amides is 2. The average molecular weight is 355 g/mol. The lowest BCUT2D eigenvalue weighted by Crippen LogP contribution is -2.38. The number of urea groups is 1.